The Morgan fingerprint density at radius 3 is 2.67 bits per heavy atom. The van der Waals surface area contributed by atoms with Crippen LogP contribution in [0.4, 0.5) is 0 Å². The minimum atomic E-state index is -0.957. The van der Waals surface area contributed by atoms with Crippen LogP contribution in [0.25, 0.3) is 5.57 Å². The van der Waals surface area contributed by atoms with Crippen LogP contribution in [0.1, 0.15) is 36.2 Å². The molecule has 1 aromatic rings. The van der Waals surface area contributed by atoms with E-state index in [1.165, 1.54) is 14.0 Å². The summed E-state index contributed by atoms with van der Waals surface area (Å²) in [5, 5.41) is 9.30. The van der Waals surface area contributed by atoms with Gasteiger partial charge in [-0.1, -0.05) is 19.6 Å². The van der Waals surface area contributed by atoms with E-state index < -0.39 is 12.3 Å². The molecule has 0 bridgehead atoms. The number of hydrogen-bond acceptors (Lipinski definition) is 4. The second-order valence-corrected chi connectivity index (χ2v) is 3.88. The van der Waals surface area contributed by atoms with Gasteiger partial charge in [0, 0.05) is 5.56 Å². The highest BCUT2D eigenvalue weighted by molar-refractivity contribution is 5.90. The summed E-state index contributed by atoms with van der Waals surface area (Å²) in [4.78, 5) is 11.4. The van der Waals surface area contributed by atoms with Gasteiger partial charge in [-0.15, -0.1) is 0 Å². The first-order valence-corrected chi connectivity index (χ1v) is 5.74. The van der Waals surface area contributed by atoms with Crippen molar-refractivity contribution < 1.29 is 19.4 Å². The smallest absolute Gasteiger partial charge is 0.337 e. The lowest BCUT2D eigenvalue weighted by molar-refractivity contribution is -0.000664. The second-order valence-electron chi connectivity index (χ2n) is 3.88. The second kappa shape index (κ2) is 6.21. The topological polar surface area (TPSA) is 55.8 Å². The Bertz CT molecular complexity index is 449. The summed E-state index contributed by atoms with van der Waals surface area (Å²) in [6.45, 7) is 7.41. The van der Waals surface area contributed by atoms with Crippen molar-refractivity contribution in [2.24, 2.45) is 0 Å². The van der Waals surface area contributed by atoms with Crippen LogP contribution in [0.5, 0.6) is 5.75 Å². The predicted molar refractivity (Wildman–Crippen MR) is 69.4 cm³/mol. The predicted octanol–water partition coefficient (Wildman–Crippen LogP) is 2.61. The monoisotopic (exact) mass is 250 g/mol. The van der Waals surface area contributed by atoms with Crippen molar-refractivity contribution in [1.82, 2.24) is 0 Å². The zero-order valence-electron chi connectivity index (χ0n) is 10.9. The molecule has 98 valence electrons. The summed E-state index contributed by atoms with van der Waals surface area (Å²) >= 11 is 0. The van der Waals surface area contributed by atoms with Crippen LogP contribution in [0.15, 0.2) is 24.8 Å². The fourth-order valence-corrected chi connectivity index (χ4v) is 1.53. The van der Waals surface area contributed by atoms with Gasteiger partial charge in [0.05, 0.1) is 12.7 Å². The van der Waals surface area contributed by atoms with Crippen molar-refractivity contribution in [2.75, 3.05) is 7.11 Å². The molecule has 0 radical (unpaired) electrons. The molecule has 0 aliphatic rings. The third-order valence-electron chi connectivity index (χ3n) is 2.51. The number of rotatable bonds is 5. The highest BCUT2D eigenvalue weighted by Gasteiger charge is 2.13. The van der Waals surface area contributed by atoms with Gasteiger partial charge in [-0.2, -0.15) is 0 Å². The minimum Gasteiger partial charge on any atom is -0.465 e. The Hall–Kier alpha value is -1.81. The van der Waals surface area contributed by atoms with E-state index in [1.807, 2.05) is 6.92 Å². The maximum absolute atomic E-state index is 11.4. The summed E-state index contributed by atoms with van der Waals surface area (Å²) in [6.07, 6.45) is -0.199. The van der Waals surface area contributed by atoms with E-state index in [0.29, 0.717) is 11.3 Å². The molecule has 1 rings (SSSR count). The molecular formula is C14H18O4. The molecule has 0 aromatic heterocycles. The highest BCUT2D eigenvalue weighted by atomic mass is 16.6. The number of carbonyl (C=O) groups excluding carboxylic acids is 1. The van der Waals surface area contributed by atoms with E-state index in [-0.39, 0.29) is 0 Å². The number of allylic oxidation sites excluding steroid dienone is 1. The Morgan fingerprint density at radius 2 is 2.17 bits per heavy atom. The number of carbonyl (C=O) groups is 1. The summed E-state index contributed by atoms with van der Waals surface area (Å²) in [5.74, 6) is -0.0150. The fraction of sp³-hybridized carbons (Fsp3) is 0.357. The van der Waals surface area contributed by atoms with Crippen LogP contribution >= 0.6 is 0 Å². The van der Waals surface area contributed by atoms with Crippen molar-refractivity contribution >= 4 is 11.5 Å². The molecule has 1 N–H and O–H groups in total. The normalized spacial score (nSPS) is 11.8. The number of aliphatic hydroxyl groups is 1. The van der Waals surface area contributed by atoms with Crippen LogP contribution in [0.2, 0.25) is 0 Å². The van der Waals surface area contributed by atoms with Crippen molar-refractivity contribution in [3.63, 3.8) is 0 Å². The number of aliphatic hydroxyl groups excluding tert-OH is 1. The molecule has 0 aliphatic carbocycles. The number of esters is 1. The maximum atomic E-state index is 11.4. The molecule has 1 unspecified atom stereocenters. The lowest BCUT2D eigenvalue weighted by Gasteiger charge is -2.15. The minimum absolute atomic E-state index is 0.376. The molecule has 1 atom stereocenters. The fourth-order valence-electron chi connectivity index (χ4n) is 1.53. The van der Waals surface area contributed by atoms with Crippen molar-refractivity contribution in [3.8, 4) is 5.75 Å². The first-order valence-electron chi connectivity index (χ1n) is 5.74. The summed E-state index contributed by atoms with van der Waals surface area (Å²) in [6, 6.07) is 4.95. The Kier molecular flexibility index (Phi) is 4.92. The third kappa shape index (κ3) is 3.34. The third-order valence-corrected chi connectivity index (χ3v) is 2.51. The molecule has 0 saturated carbocycles. The standard InChI is InChI=1S/C14H18O4/c1-5-9(2)12-7-6-11(14(16)17-4)8-13(12)18-10(3)15/h6-8,10,15H,2,5H2,1,3-4H3. The van der Waals surface area contributed by atoms with Gasteiger partial charge in [0.25, 0.3) is 0 Å². The molecule has 0 fully saturated rings. The molecule has 4 nitrogen and oxygen atoms in total. The number of methoxy groups -OCH3 is 1. The molecule has 0 spiro atoms. The van der Waals surface area contributed by atoms with Crippen molar-refractivity contribution in [2.45, 2.75) is 26.6 Å². The van der Waals surface area contributed by atoms with Gasteiger partial charge < -0.3 is 14.6 Å². The van der Waals surface area contributed by atoms with E-state index in [0.717, 1.165) is 17.6 Å². The first kappa shape index (κ1) is 14.3. The molecule has 1 aromatic carbocycles. The first-order chi connectivity index (χ1) is 8.49. The average molecular weight is 250 g/mol. The molecule has 0 saturated heterocycles. The number of benzene rings is 1. The Morgan fingerprint density at radius 1 is 1.50 bits per heavy atom. The number of hydrogen-bond donors (Lipinski definition) is 1. The van der Waals surface area contributed by atoms with Crippen LogP contribution in [-0.4, -0.2) is 24.5 Å². The van der Waals surface area contributed by atoms with Gasteiger partial charge in [0.1, 0.15) is 5.75 Å². The lowest BCUT2D eigenvalue weighted by Crippen LogP contribution is -2.12. The molecule has 4 heteroatoms. The molecule has 18 heavy (non-hydrogen) atoms. The van der Waals surface area contributed by atoms with Gasteiger partial charge >= 0.3 is 5.97 Å². The molecule has 0 heterocycles. The van der Waals surface area contributed by atoms with Gasteiger partial charge in [-0.3, -0.25) is 0 Å². The summed E-state index contributed by atoms with van der Waals surface area (Å²) in [5.41, 5.74) is 2.04. The van der Waals surface area contributed by atoms with E-state index in [9.17, 15) is 9.90 Å². The quantitative estimate of drug-likeness (QED) is 0.644. The Labute approximate surface area is 107 Å². The van der Waals surface area contributed by atoms with Crippen LogP contribution in [0, 0.1) is 0 Å². The van der Waals surface area contributed by atoms with Crippen LogP contribution in [-0.2, 0) is 4.74 Å². The van der Waals surface area contributed by atoms with E-state index in [2.05, 4.69) is 11.3 Å². The summed E-state index contributed by atoms with van der Waals surface area (Å²) in [7, 11) is 1.32. The zero-order chi connectivity index (χ0) is 13.7. The maximum Gasteiger partial charge on any atom is 0.337 e. The zero-order valence-corrected chi connectivity index (χ0v) is 10.9. The van der Waals surface area contributed by atoms with E-state index >= 15 is 0 Å². The highest BCUT2D eigenvalue weighted by Crippen LogP contribution is 2.29. The largest absolute Gasteiger partial charge is 0.465 e. The van der Waals surface area contributed by atoms with E-state index in [4.69, 9.17) is 4.74 Å². The average Bonchev–Trinajstić information content (AvgIpc) is 2.36. The van der Waals surface area contributed by atoms with Gasteiger partial charge in [0.15, 0.2) is 6.29 Å². The van der Waals surface area contributed by atoms with Gasteiger partial charge in [0.2, 0.25) is 0 Å². The SMILES string of the molecule is C=C(CC)c1ccc(C(=O)OC)cc1OC(C)O. The molecule has 0 amide bonds. The van der Waals surface area contributed by atoms with Gasteiger partial charge in [-0.25, -0.2) is 4.79 Å². The number of ether oxygens (including phenoxy) is 2. The molecule has 0 aliphatic heterocycles. The van der Waals surface area contributed by atoms with Crippen LogP contribution in [0.3, 0.4) is 0 Å². The molecular weight excluding hydrogens is 232 g/mol. The summed E-state index contributed by atoms with van der Waals surface area (Å²) < 4.78 is 9.93. The van der Waals surface area contributed by atoms with Crippen molar-refractivity contribution in [3.05, 3.63) is 35.9 Å². The van der Waals surface area contributed by atoms with Crippen molar-refractivity contribution in [1.29, 1.82) is 0 Å². The van der Waals surface area contributed by atoms with Crippen LogP contribution < -0.4 is 4.74 Å². The lowest BCUT2D eigenvalue weighted by atomic mass is 10.0. The van der Waals surface area contributed by atoms with E-state index in [1.54, 1.807) is 18.2 Å². The van der Waals surface area contributed by atoms with Gasteiger partial charge in [-0.05, 0) is 31.1 Å². The Balaban J connectivity index is 3.19.